The van der Waals surface area contributed by atoms with Gasteiger partial charge < -0.3 is 24.4 Å². The van der Waals surface area contributed by atoms with Gasteiger partial charge in [-0.05, 0) is 55.3 Å². The normalized spacial score (nSPS) is 13.7. The largest absolute Gasteiger partial charge is 0.495 e. The lowest BCUT2D eigenvalue weighted by Gasteiger charge is -2.20. The number of carbonyl (C=O) groups is 2. The second-order valence-corrected chi connectivity index (χ2v) is 6.88. The van der Waals surface area contributed by atoms with E-state index in [9.17, 15) is 18.4 Å². The standard InChI is InChI=1S/C23H24F2N2O5/c1-3-31-20-13-15(6-9-19(20)32-23(24)25)7-11-21(28)26-16-8-10-18(30-2)17(14-16)27-12-4-5-22(27)29/h6-11,13-14,23H,3-5,12H2,1-2H3,(H,26,28)/b11-7+. The predicted octanol–water partition coefficient (Wildman–Crippen LogP) is 4.47. The Morgan fingerprint density at radius 3 is 2.62 bits per heavy atom. The average Bonchev–Trinajstić information content (AvgIpc) is 3.19. The van der Waals surface area contributed by atoms with E-state index < -0.39 is 12.5 Å². The molecule has 1 N–H and O–H groups in total. The molecule has 2 aromatic carbocycles. The summed E-state index contributed by atoms with van der Waals surface area (Å²) >= 11 is 0. The van der Waals surface area contributed by atoms with Gasteiger partial charge in [-0.3, -0.25) is 9.59 Å². The van der Waals surface area contributed by atoms with Crippen LogP contribution < -0.4 is 24.4 Å². The Balaban J connectivity index is 1.72. The zero-order chi connectivity index (χ0) is 23.1. The summed E-state index contributed by atoms with van der Waals surface area (Å²) in [5.74, 6) is 0.232. The van der Waals surface area contributed by atoms with Crippen LogP contribution in [0.25, 0.3) is 6.08 Å². The zero-order valence-electron chi connectivity index (χ0n) is 17.8. The highest BCUT2D eigenvalue weighted by molar-refractivity contribution is 6.03. The van der Waals surface area contributed by atoms with Gasteiger partial charge in [-0.1, -0.05) is 6.07 Å². The van der Waals surface area contributed by atoms with E-state index in [-0.39, 0.29) is 24.0 Å². The molecule has 2 aromatic rings. The van der Waals surface area contributed by atoms with Crippen molar-refractivity contribution in [1.82, 2.24) is 0 Å². The van der Waals surface area contributed by atoms with Gasteiger partial charge in [-0.25, -0.2) is 0 Å². The van der Waals surface area contributed by atoms with Crippen LogP contribution in [-0.2, 0) is 9.59 Å². The maximum atomic E-state index is 12.5. The molecule has 1 aliphatic heterocycles. The minimum absolute atomic E-state index is 0.0102. The van der Waals surface area contributed by atoms with Crippen LogP contribution in [0.5, 0.6) is 17.2 Å². The fourth-order valence-corrected chi connectivity index (χ4v) is 3.33. The monoisotopic (exact) mass is 446 g/mol. The topological polar surface area (TPSA) is 77.1 Å². The number of methoxy groups -OCH3 is 1. The van der Waals surface area contributed by atoms with Gasteiger partial charge in [0.25, 0.3) is 0 Å². The third-order valence-corrected chi connectivity index (χ3v) is 4.72. The fraction of sp³-hybridized carbons (Fsp3) is 0.304. The molecular weight excluding hydrogens is 422 g/mol. The Kier molecular flexibility index (Phi) is 7.64. The third-order valence-electron chi connectivity index (χ3n) is 4.72. The predicted molar refractivity (Wildman–Crippen MR) is 116 cm³/mol. The van der Waals surface area contributed by atoms with Gasteiger partial charge in [0.15, 0.2) is 11.5 Å². The van der Waals surface area contributed by atoms with Crippen molar-refractivity contribution in [2.75, 3.05) is 30.5 Å². The Morgan fingerprint density at radius 1 is 1.19 bits per heavy atom. The van der Waals surface area contributed by atoms with Crippen molar-refractivity contribution in [2.24, 2.45) is 0 Å². The quantitative estimate of drug-likeness (QED) is 0.575. The van der Waals surface area contributed by atoms with Crippen LogP contribution in [0.15, 0.2) is 42.5 Å². The smallest absolute Gasteiger partial charge is 0.387 e. The first-order chi connectivity index (χ1) is 15.4. The first-order valence-electron chi connectivity index (χ1n) is 10.1. The highest BCUT2D eigenvalue weighted by atomic mass is 19.3. The molecule has 0 atom stereocenters. The van der Waals surface area contributed by atoms with Gasteiger partial charge in [0, 0.05) is 24.7 Å². The average molecular weight is 446 g/mol. The molecule has 0 aliphatic carbocycles. The molecule has 1 heterocycles. The van der Waals surface area contributed by atoms with Crippen LogP contribution >= 0.6 is 0 Å². The van der Waals surface area contributed by atoms with Gasteiger partial charge in [-0.15, -0.1) is 0 Å². The Hall–Kier alpha value is -3.62. The first kappa shape index (κ1) is 23.1. The van der Waals surface area contributed by atoms with E-state index in [1.807, 2.05) is 0 Å². The van der Waals surface area contributed by atoms with Crippen LogP contribution in [0.4, 0.5) is 20.2 Å². The van der Waals surface area contributed by atoms with Crippen LogP contribution in [0.3, 0.4) is 0 Å². The highest BCUT2D eigenvalue weighted by Crippen LogP contribution is 2.34. The minimum atomic E-state index is -2.97. The first-order valence-corrected chi connectivity index (χ1v) is 10.1. The van der Waals surface area contributed by atoms with Crippen LogP contribution in [0.1, 0.15) is 25.3 Å². The van der Waals surface area contributed by atoms with Crippen LogP contribution in [-0.4, -0.2) is 38.7 Å². The molecule has 0 radical (unpaired) electrons. The third kappa shape index (κ3) is 5.75. The SMILES string of the molecule is CCOc1cc(/C=C/C(=O)Nc2ccc(OC)c(N3CCCC3=O)c2)ccc1OC(F)F. The van der Waals surface area contributed by atoms with E-state index in [1.54, 1.807) is 30.0 Å². The van der Waals surface area contributed by atoms with Crippen molar-refractivity contribution in [3.63, 3.8) is 0 Å². The number of hydrogen-bond acceptors (Lipinski definition) is 5. The molecule has 170 valence electrons. The van der Waals surface area contributed by atoms with Crippen molar-refractivity contribution in [3.05, 3.63) is 48.0 Å². The molecular formula is C23H24F2N2O5. The molecule has 0 unspecified atom stereocenters. The second kappa shape index (κ2) is 10.6. The Bertz CT molecular complexity index is 1010. The number of carbonyl (C=O) groups excluding carboxylic acids is 2. The van der Waals surface area contributed by atoms with E-state index in [4.69, 9.17) is 9.47 Å². The van der Waals surface area contributed by atoms with E-state index in [1.165, 1.54) is 37.5 Å². The molecule has 0 aromatic heterocycles. The molecule has 9 heteroatoms. The summed E-state index contributed by atoms with van der Waals surface area (Å²) in [6.45, 7) is -0.375. The lowest BCUT2D eigenvalue weighted by molar-refractivity contribution is -0.117. The van der Waals surface area contributed by atoms with E-state index in [0.29, 0.717) is 35.7 Å². The summed E-state index contributed by atoms with van der Waals surface area (Å²) < 4.78 is 40.2. The zero-order valence-corrected chi connectivity index (χ0v) is 17.8. The number of benzene rings is 2. The van der Waals surface area contributed by atoms with Gasteiger partial charge in [0.05, 0.1) is 19.4 Å². The van der Waals surface area contributed by atoms with Gasteiger partial charge in [0.1, 0.15) is 5.75 Å². The number of alkyl halides is 2. The summed E-state index contributed by atoms with van der Waals surface area (Å²) in [6.07, 6.45) is 4.08. The summed E-state index contributed by atoms with van der Waals surface area (Å²) in [4.78, 5) is 26.1. The van der Waals surface area contributed by atoms with Crippen molar-refractivity contribution in [3.8, 4) is 17.2 Å². The molecule has 0 saturated carbocycles. The number of nitrogens with zero attached hydrogens (tertiary/aromatic N) is 1. The van der Waals surface area contributed by atoms with Crippen LogP contribution in [0, 0.1) is 0 Å². The number of amides is 2. The molecule has 2 amide bonds. The molecule has 1 fully saturated rings. The lowest BCUT2D eigenvalue weighted by atomic mass is 10.2. The van der Waals surface area contributed by atoms with E-state index >= 15 is 0 Å². The van der Waals surface area contributed by atoms with Crippen molar-refractivity contribution in [2.45, 2.75) is 26.4 Å². The number of anilines is 2. The van der Waals surface area contributed by atoms with Gasteiger partial charge >= 0.3 is 6.61 Å². The fourth-order valence-electron chi connectivity index (χ4n) is 3.33. The van der Waals surface area contributed by atoms with Crippen LogP contribution in [0.2, 0.25) is 0 Å². The number of halogens is 2. The summed E-state index contributed by atoms with van der Waals surface area (Å²) in [5.41, 5.74) is 1.68. The maximum Gasteiger partial charge on any atom is 0.387 e. The van der Waals surface area contributed by atoms with Gasteiger partial charge in [-0.2, -0.15) is 8.78 Å². The summed E-state index contributed by atoms with van der Waals surface area (Å²) in [6, 6.07) is 9.47. The highest BCUT2D eigenvalue weighted by Gasteiger charge is 2.24. The van der Waals surface area contributed by atoms with Crippen molar-refractivity contribution in [1.29, 1.82) is 0 Å². The molecule has 1 saturated heterocycles. The lowest BCUT2D eigenvalue weighted by Crippen LogP contribution is -2.24. The summed E-state index contributed by atoms with van der Waals surface area (Å²) in [7, 11) is 1.52. The molecule has 0 bridgehead atoms. The Labute approximate surface area is 184 Å². The van der Waals surface area contributed by atoms with Crippen molar-refractivity contribution < 1.29 is 32.6 Å². The molecule has 0 spiro atoms. The number of nitrogens with one attached hydrogen (secondary N) is 1. The molecule has 32 heavy (non-hydrogen) atoms. The molecule has 1 aliphatic rings. The minimum Gasteiger partial charge on any atom is -0.495 e. The maximum absolute atomic E-state index is 12.5. The number of rotatable bonds is 9. The van der Waals surface area contributed by atoms with Gasteiger partial charge in [0.2, 0.25) is 11.8 Å². The van der Waals surface area contributed by atoms with E-state index in [2.05, 4.69) is 10.1 Å². The van der Waals surface area contributed by atoms with Crippen molar-refractivity contribution >= 4 is 29.3 Å². The second-order valence-electron chi connectivity index (χ2n) is 6.88. The number of hydrogen-bond donors (Lipinski definition) is 1. The summed E-state index contributed by atoms with van der Waals surface area (Å²) in [5, 5.41) is 2.75. The number of ether oxygens (including phenoxy) is 3. The van der Waals surface area contributed by atoms with E-state index in [0.717, 1.165) is 6.42 Å². The Morgan fingerprint density at radius 2 is 1.97 bits per heavy atom. The molecule has 3 rings (SSSR count). The molecule has 7 nitrogen and oxygen atoms in total.